The fourth-order valence-electron chi connectivity index (χ4n) is 2.95. The van der Waals surface area contributed by atoms with Crippen LogP contribution < -0.4 is 11.1 Å². The van der Waals surface area contributed by atoms with Gasteiger partial charge in [0.2, 0.25) is 11.8 Å². The Morgan fingerprint density at radius 2 is 2.11 bits per heavy atom. The molecule has 0 bridgehead atoms. The van der Waals surface area contributed by atoms with Crippen LogP contribution in [0.3, 0.4) is 0 Å². The molecule has 0 spiro atoms. The van der Waals surface area contributed by atoms with E-state index in [1.165, 1.54) is 12.8 Å². The van der Waals surface area contributed by atoms with Crippen molar-refractivity contribution in [3.8, 4) is 0 Å². The average Bonchev–Trinajstić information content (AvgIpc) is 2.35. The van der Waals surface area contributed by atoms with Gasteiger partial charge in [0.05, 0.1) is 0 Å². The molecule has 3 atom stereocenters. The molecule has 110 valence electrons. The predicted octanol–water partition coefficient (Wildman–Crippen LogP) is 0.663. The molecule has 1 aliphatic carbocycles. The smallest absolute Gasteiger partial charge is 0.242 e. The molecule has 6 heteroatoms. The summed E-state index contributed by atoms with van der Waals surface area (Å²) in [5.74, 6) is 0.325. The number of carbonyl (C=O) groups is 2. The Morgan fingerprint density at radius 1 is 1.42 bits per heavy atom. The second-order valence-electron chi connectivity index (χ2n) is 5.47. The van der Waals surface area contributed by atoms with Gasteiger partial charge < -0.3 is 16.0 Å². The molecule has 0 aromatic rings. The first kappa shape index (κ1) is 16.2. The number of halogens is 1. The van der Waals surface area contributed by atoms with Crippen LogP contribution in [-0.2, 0) is 9.59 Å². The molecule has 1 saturated carbocycles. The van der Waals surface area contributed by atoms with Crippen molar-refractivity contribution >= 4 is 24.2 Å². The number of hydrogen-bond acceptors (Lipinski definition) is 3. The van der Waals surface area contributed by atoms with Gasteiger partial charge in [0.1, 0.15) is 6.04 Å². The summed E-state index contributed by atoms with van der Waals surface area (Å²) >= 11 is 0. The van der Waals surface area contributed by atoms with E-state index in [0.717, 1.165) is 12.8 Å². The highest BCUT2D eigenvalue weighted by molar-refractivity contribution is 5.88. The standard InChI is InChI=1S/C13H23N3O2.ClH/c1-9-13(18)15-6-7-16(9)12(17)8-10-4-2-3-5-11(10)14;/h9-11H,2-8,14H2,1H3,(H,15,18);1H. The molecule has 2 amide bonds. The maximum atomic E-state index is 12.3. The molecule has 1 heterocycles. The minimum absolute atomic E-state index is 0. The van der Waals surface area contributed by atoms with E-state index in [4.69, 9.17) is 5.73 Å². The van der Waals surface area contributed by atoms with E-state index >= 15 is 0 Å². The molecule has 0 aromatic carbocycles. The van der Waals surface area contributed by atoms with E-state index in [1.807, 2.05) is 0 Å². The lowest BCUT2D eigenvalue weighted by Gasteiger charge is -2.35. The maximum Gasteiger partial charge on any atom is 0.242 e. The molecule has 1 aliphatic heterocycles. The van der Waals surface area contributed by atoms with Crippen LogP contribution in [0.5, 0.6) is 0 Å². The Morgan fingerprint density at radius 3 is 2.79 bits per heavy atom. The Balaban J connectivity index is 0.00000180. The van der Waals surface area contributed by atoms with Gasteiger partial charge in [-0.1, -0.05) is 12.8 Å². The highest BCUT2D eigenvalue weighted by atomic mass is 35.5. The summed E-state index contributed by atoms with van der Waals surface area (Å²) in [6.07, 6.45) is 4.91. The monoisotopic (exact) mass is 289 g/mol. The topological polar surface area (TPSA) is 75.4 Å². The SMILES string of the molecule is CC1C(=O)NCCN1C(=O)CC1CCCCC1N.Cl. The van der Waals surface area contributed by atoms with Crippen LogP contribution in [0.25, 0.3) is 0 Å². The molecular weight excluding hydrogens is 266 g/mol. The Kier molecular flexibility index (Phi) is 6.07. The molecule has 3 N–H and O–H groups in total. The zero-order chi connectivity index (χ0) is 13.1. The number of piperazine rings is 1. The summed E-state index contributed by atoms with van der Waals surface area (Å²) in [6, 6.07) is -0.192. The first-order valence-corrected chi connectivity index (χ1v) is 6.92. The van der Waals surface area contributed by atoms with Crippen LogP contribution in [0.15, 0.2) is 0 Å². The summed E-state index contributed by atoms with van der Waals surface area (Å²) in [5.41, 5.74) is 6.07. The van der Waals surface area contributed by atoms with Gasteiger partial charge in [0, 0.05) is 25.6 Å². The number of amides is 2. The van der Waals surface area contributed by atoms with Crippen LogP contribution >= 0.6 is 12.4 Å². The van der Waals surface area contributed by atoms with Gasteiger partial charge >= 0.3 is 0 Å². The molecular formula is C13H24ClN3O2. The fourth-order valence-corrected chi connectivity index (χ4v) is 2.95. The van der Waals surface area contributed by atoms with E-state index in [2.05, 4.69) is 5.32 Å². The highest BCUT2D eigenvalue weighted by Crippen LogP contribution is 2.26. The number of nitrogens with zero attached hydrogens (tertiary/aromatic N) is 1. The van der Waals surface area contributed by atoms with Crippen LogP contribution in [0, 0.1) is 5.92 Å². The van der Waals surface area contributed by atoms with Crippen molar-refractivity contribution in [2.45, 2.75) is 51.1 Å². The Hall–Kier alpha value is -0.810. The van der Waals surface area contributed by atoms with Gasteiger partial charge in [-0.3, -0.25) is 9.59 Å². The molecule has 19 heavy (non-hydrogen) atoms. The van der Waals surface area contributed by atoms with Crippen molar-refractivity contribution in [2.24, 2.45) is 11.7 Å². The lowest BCUT2D eigenvalue weighted by atomic mass is 9.82. The van der Waals surface area contributed by atoms with Crippen LogP contribution in [0.4, 0.5) is 0 Å². The highest BCUT2D eigenvalue weighted by Gasteiger charge is 2.32. The largest absolute Gasteiger partial charge is 0.353 e. The van der Waals surface area contributed by atoms with Gasteiger partial charge in [-0.05, 0) is 25.7 Å². The Bertz CT molecular complexity index is 338. The third-order valence-electron chi connectivity index (χ3n) is 4.22. The van der Waals surface area contributed by atoms with Crippen molar-refractivity contribution in [2.75, 3.05) is 13.1 Å². The minimum atomic E-state index is -0.342. The van der Waals surface area contributed by atoms with Gasteiger partial charge in [-0.25, -0.2) is 0 Å². The number of rotatable bonds is 2. The molecule has 0 aromatic heterocycles. The number of carbonyl (C=O) groups excluding carboxylic acids is 2. The summed E-state index contributed by atoms with van der Waals surface area (Å²) in [7, 11) is 0. The van der Waals surface area contributed by atoms with Crippen LogP contribution in [0.1, 0.15) is 39.0 Å². The van der Waals surface area contributed by atoms with Crippen molar-refractivity contribution in [1.29, 1.82) is 0 Å². The molecule has 2 rings (SSSR count). The minimum Gasteiger partial charge on any atom is -0.353 e. The normalized spacial score (nSPS) is 31.4. The zero-order valence-electron chi connectivity index (χ0n) is 11.4. The van der Waals surface area contributed by atoms with Crippen molar-refractivity contribution in [3.05, 3.63) is 0 Å². The van der Waals surface area contributed by atoms with Gasteiger partial charge in [-0.15, -0.1) is 12.4 Å². The molecule has 2 aliphatic rings. The zero-order valence-corrected chi connectivity index (χ0v) is 12.2. The number of nitrogens with two attached hydrogens (primary N) is 1. The van der Waals surface area contributed by atoms with E-state index in [-0.39, 0.29) is 36.3 Å². The van der Waals surface area contributed by atoms with Gasteiger partial charge in [0.15, 0.2) is 0 Å². The van der Waals surface area contributed by atoms with Crippen molar-refractivity contribution in [1.82, 2.24) is 10.2 Å². The molecule has 3 unspecified atom stereocenters. The van der Waals surface area contributed by atoms with Crippen LogP contribution in [-0.4, -0.2) is 41.9 Å². The van der Waals surface area contributed by atoms with E-state index < -0.39 is 0 Å². The maximum absolute atomic E-state index is 12.3. The van der Waals surface area contributed by atoms with Gasteiger partial charge in [0.25, 0.3) is 0 Å². The molecule has 5 nitrogen and oxygen atoms in total. The average molecular weight is 290 g/mol. The molecule has 1 saturated heterocycles. The lowest BCUT2D eigenvalue weighted by Crippen LogP contribution is -2.56. The van der Waals surface area contributed by atoms with Gasteiger partial charge in [-0.2, -0.15) is 0 Å². The summed E-state index contributed by atoms with van der Waals surface area (Å²) in [6.45, 7) is 2.96. The summed E-state index contributed by atoms with van der Waals surface area (Å²) in [4.78, 5) is 25.5. The van der Waals surface area contributed by atoms with Crippen molar-refractivity contribution in [3.63, 3.8) is 0 Å². The second kappa shape index (κ2) is 7.10. The first-order valence-electron chi connectivity index (χ1n) is 6.92. The lowest BCUT2D eigenvalue weighted by molar-refractivity contribution is -0.143. The Labute approximate surface area is 120 Å². The van der Waals surface area contributed by atoms with Crippen molar-refractivity contribution < 1.29 is 9.59 Å². The third-order valence-corrected chi connectivity index (χ3v) is 4.22. The summed E-state index contributed by atoms with van der Waals surface area (Å²) < 4.78 is 0. The van der Waals surface area contributed by atoms with E-state index in [9.17, 15) is 9.59 Å². The summed E-state index contributed by atoms with van der Waals surface area (Å²) in [5, 5.41) is 2.77. The quantitative estimate of drug-likeness (QED) is 0.784. The van der Waals surface area contributed by atoms with E-state index in [0.29, 0.717) is 25.4 Å². The number of nitrogens with one attached hydrogen (secondary N) is 1. The predicted molar refractivity (Wildman–Crippen MR) is 76.0 cm³/mol. The third kappa shape index (κ3) is 3.83. The van der Waals surface area contributed by atoms with E-state index in [1.54, 1.807) is 11.8 Å². The number of hydrogen-bond donors (Lipinski definition) is 2. The van der Waals surface area contributed by atoms with Crippen LogP contribution in [0.2, 0.25) is 0 Å². The fraction of sp³-hybridized carbons (Fsp3) is 0.846. The molecule has 0 radical (unpaired) electrons. The molecule has 2 fully saturated rings. The second-order valence-corrected chi connectivity index (χ2v) is 5.47. The first-order chi connectivity index (χ1) is 8.59.